The van der Waals surface area contributed by atoms with Crippen molar-refractivity contribution in [1.82, 2.24) is 24.8 Å². The van der Waals surface area contributed by atoms with Crippen LogP contribution in [-0.2, 0) is 44.6 Å². The van der Waals surface area contributed by atoms with E-state index in [4.69, 9.17) is 23.7 Å². The summed E-state index contributed by atoms with van der Waals surface area (Å²) in [5.41, 5.74) is -1.94. The topological polar surface area (TPSA) is 204 Å². The minimum Gasteiger partial charge on any atom is -0.460 e. The van der Waals surface area contributed by atoms with Gasteiger partial charge in [-0.05, 0) is 80.1 Å². The van der Waals surface area contributed by atoms with Gasteiger partial charge in [-0.15, -0.1) is 0 Å². The molecule has 14 atom stereocenters. The molecule has 314 valence electrons. The fourth-order valence-electron chi connectivity index (χ4n) is 8.09. The van der Waals surface area contributed by atoms with E-state index in [1.165, 1.54) is 27.3 Å². The monoisotopic (exact) mass is 789 g/mol. The first kappa shape index (κ1) is 45.2. The van der Waals surface area contributed by atoms with E-state index in [0.29, 0.717) is 12.1 Å². The van der Waals surface area contributed by atoms with Gasteiger partial charge in [0.15, 0.2) is 6.29 Å². The number of carbonyl (C=O) groups is 3. The van der Waals surface area contributed by atoms with Crippen LogP contribution in [-0.4, -0.2) is 140 Å². The van der Waals surface area contributed by atoms with Crippen LogP contribution in [0.2, 0.25) is 0 Å². The van der Waals surface area contributed by atoms with E-state index in [2.05, 4.69) is 15.3 Å². The van der Waals surface area contributed by atoms with Gasteiger partial charge in [0.05, 0.1) is 47.8 Å². The highest BCUT2D eigenvalue weighted by Gasteiger charge is 2.52. The molecule has 56 heavy (non-hydrogen) atoms. The number of amides is 1. The number of aliphatic hydroxyl groups excluding tert-OH is 2. The predicted molar refractivity (Wildman–Crippen MR) is 205 cm³/mol. The quantitative estimate of drug-likeness (QED) is 0.270. The third kappa shape index (κ3) is 10.3. The lowest BCUT2D eigenvalue weighted by Gasteiger charge is -2.48. The largest absolute Gasteiger partial charge is 0.460 e. The van der Waals surface area contributed by atoms with Crippen LogP contribution in [0.15, 0.2) is 37.1 Å². The van der Waals surface area contributed by atoms with E-state index in [1.54, 1.807) is 63.8 Å². The molecule has 0 bridgehead atoms. The first-order valence-electron chi connectivity index (χ1n) is 19.5. The lowest BCUT2D eigenvalue weighted by molar-refractivity contribution is -0.301. The lowest BCUT2D eigenvalue weighted by atomic mass is 9.78. The minimum atomic E-state index is -2.03. The number of cyclic esters (lactones) is 1. The highest BCUT2D eigenvalue weighted by molar-refractivity contribution is 5.79. The summed E-state index contributed by atoms with van der Waals surface area (Å²) in [6.45, 7) is 13.0. The first-order chi connectivity index (χ1) is 26.2. The van der Waals surface area contributed by atoms with Crippen LogP contribution in [0.4, 0.5) is 0 Å². The Hall–Kier alpha value is -3.51. The predicted octanol–water partition coefficient (Wildman–Crippen LogP) is 2.32. The van der Waals surface area contributed by atoms with Crippen LogP contribution in [0.5, 0.6) is 0 Å². The number of pyridine rings is 1. The van der Waals surface area contributed by atoms with Crippen LogP contribution < -0.4 is 5.32 Å². The maximum Gasteiger partial charge on any atom is 0.326 e. The van der Waals surface area contributed by atoms with Crippen LogP contribution in [0.1, 0.15) is 74.7 Å². The number of aromatic nitrogens is 3. The molecule has 2 aliphatic heterocycles. The minimum absolute atomic E-state index is 0.1000. The summed E-state index contributed by atoms with van der Waals surface area (Å²) in [6, 6.07) is 2.74. The molecule has 1 amide bonds. The normalized spacial score (nSPS) is 37.9. The van der Waals surface area contributed by atoms with Gasteiger partial charge in [0, 0.05) is 49.3 Å². The average molecular weight is 790 g/mol. The van der Waals surface area contributed by atoms with E-state index < -0.39 is 89.7 Å². The molecule has 2 aromatic heterocycles. The van der Waals surface area contributed by atoms with Gasteiger partial charge in [-0.3, -0.25) is 19.4 Å². The van der Waals surface area contributed by atoms with Gasteiger partial charge < -0.3 is 53.8 Å². The Morgan fingerprint density at radius 2 is 1.82 bits per heavy atom. The zero-order valence-electron chi connectivity index (χ0n) is 34.6. The van der Waals surface area contributed by atoms with Gasteiger partial charge >= 0.3 is 11.9 Å². The van der Waals surface area contributed by atoms with Gasteiger partial charge in [-0.1, -0.05) is 20.8 Å². The second kappa shape index (κ2) is 18.8. The third-order valence-corrected chi connectivity index (χ3v) is 11.5. The summed E-state index contributed by atoms with van der Waals surface area (Å²) in [5, 5.41) is 37.4. The number of esters is 2. The summed E-state index contributed by atoms with van der Waals surface area (Å²) in [6.07, 6.45) is -0.357. The van der Waals surface area contributed by atoms with E-state index in [9.17, 15) is 29.7 Å². The van der Waals surface area contributed by atoms with Crippen molar-refractivity contribution in [3.63, 3.8) is 0 Å². The first-order valence-corrected chi connectivity index (χ1v) is 19.5. The molecular formula is C40H63N5O11. The zero-order valence-corrected chi connectivity index (χ0v) is 34.6. The van der Waals surface area contributed by atoms with Gasteiger partial charge in [0.25, 0.3) is 0 Å². The Morgan fingerprint density at radius 1 is 1.12 bits per heavy atom. The van der Waals surface area contributed by atoms with Crippen molar-refractivity contribution in [2.75, 3.05) is 21.2 Å². The number of carbonyl (C=O) groups excluding carboxylic acids is 3. The van der Waals surface area contributed by atoms with Crippen molar-refractivity contribution >= 4 is 17.8 Å². The smallest absolute Gasteiger partial charge is 0.326 e. The molecule has 0 saturated carbocycles. The number of nitrogens with zero attached hydrogens (tertiary/aromatic N) is 4. The van der Waals surface area contributed by atoms with Crippen molar-refractivity contribution in [2.24, 2.45) is 17.8 Å². The lowest BCUT2D eigenvalue weighted by Crippen LogP contribution is -2.60. The molecule has 2 fully saturated rings. The summed E-state index contributed by atoms with van der Waals surface area (Å²) in [4.78, 5) is 52.0. The summed E-state index contributed by atoms with van der Waals surface area (Å²) in [7, 11) is 5.21. The second-order valence-electron chi connectivity index (χ2n) is 16.3. The summed E-state index contributed by atoms with van der Waals surface area (Å²) < 4.78 is 32.9. The summed E-state index contributed by atoms with van der Waals surface area (Å²) in [5.74, 6) is -5.14. The Labute approximate surface area is 330 Å². The molecule has 16 nitrogen and oxygen atoms in total. The number of hydrogen-bond donors (Lipinski definition) is 4. The van der Waals surface area contributed by atoms with Gasteiger partial charge in [-0.25, -0.2) is 4.98 Å². The number of likely N-dealkylation sites (N-methyl/N-ethyl adjacent to an activating group) is 1. The van der Waals surface area contributed by atoms with Crippen LogP contribution in [0, 0.1) is 17.8 Å². The molecule has 0 spiro atoms. The Bertz CT molecular complexity index is 1610. The standard InChI is InChI=1S/C40H63N5O11/c1-12-30-40(8,51)34(48)26(6)36(49)43-22(2)17-39(7,52-11)35(56-38-32(47)29(44(9)10)16-23(3)53-38)24(4)33(25(5)37(50)54-30)55-31(46)20-45-19-28(42-21-45)27-14-13-15-41-18-27/h13-15,18-19,21-26,29-30,32-35,38,47-48,51H,12,16-17,20H2,1-11H3,(H,43,49)/t22-,23-,24+,25-,26-,29+,30-,32-,33+,34-,35-,38+,39-,40-/m1/s1. The average Bonchev–Trinajstić information content (AvgIpc) is 3.62. The van der Waals surface area contributed by atoms with E-state index in [1.807, 2.05) is 32.0 Å². The van der Waals surface area contributed by atoms with Crippen LogP contribution in [0.25, 0.3) is 11.3 Å². The molecule has 0 unspecified atom stereocenters. The van der Waals surface area contributed by atoms with Gasteiger partial charge in [0.2, 0.25) is 5.91 Å². The number of methoxy groups -OCH3 is 1. The van der Waals surface area contributed by atoms with Crippen molar-refractivity contribution < 1.29 is 53.4 Å². The number of nitrogens with one attached hydrogen (secondary N) is 1. The summed E-state index contributed by atoms with van der Waals surface area (Å²) >= 11 is 0. The van der Waals surface area contributed by atoms with Crippen molar-refractivity contribution in [1.29, 1.82) is 0 Å². The Kier molecular flexibility index (Phi) is 15.2. The Morgan fingerprint density at radius 3 is 2.43 bits per heavy atom. The molecular weight excluding hydrogens is 726 g/mol. The van der Waals surface area contributed by atoms with Crippen LogP contribution in [0.3, 0.4) is 0 Å². The number of imidazole rings is 1. The van der Waals surface area contributed by atoms with Crippen molar-refractivity contribution in [2.45, 2.75) is 147 Å². The number of rotatable bonds is 9. The molecule has 4 rings (SSSR count). The SMILES string of the molecule is CC[C@H]1OC(=O)[C@H](C)[C@@H](OC(=O)Cn2cnc(-c3cccnc3)c2)[C@H](C)[C@@H](O[C@@H]2O[C@H](C)C[C@H](N(C)C)[C@H]2O)[C@](C)(OC)C[C@@H](C)NC(=O)[C@H](C)[C@@H](O)[C@]1(C)O. The van der Waals surface area contributed by atoms with Crippen molar-refractivity contribution in [3.05, 3.63) is 37.1 Å². The molecule has 16 heteroatoms. The molecule has 0 radical (unpaired) electrons. The highest BCUT2D eigenvalue weighted by atomic mass is 16.7. The Balaban J connectivity index is 1.80. The molecule has 4 heterocycles. The maximum atomic E-state index is 14.2. The number of ether oxygens (including phenoxy) is 5. The maximum absolute atomic E-state index is 14.2. The molecule has 4 N–H and O–H groups in total. The van der Waals surface area contributed by atoms with Gasteiger partial charge in [-0.2, -0.15) is 0 Å². The zero-order chi connectivity index (χ0) is 41.7. The molecule has 2 aromatic rings. The second-order valence-corrected chi connectivity index (χ2v) is 16.3. The fourth-order valence-corrected chi connectivity index (χ4v) is 8.09. The molecule has 0 aliphatic carbocycles. The highest BCUT2D eigenvalue weighted by Crippen LogP contribution is 2.38. The van der Waals surface area contributed by atoms with Gasteiger partial charge in [0.1, 0.15) is 30.5 Å². The fraction of sp³-hybridized carbons (Fsp3) is 0.725. The molecule has 0 aromatic carbocycles. The van der Waals surface area contributed by atoms with E-state index >= 15 is 0 Å². The van der Waals surface area contributed by atoms with Crippen LogP contribution >= 0.6 is 0 Å². The number of aliphatic hydroxyl groups is 3. The van der Waals surface area contributed by atoms with Crippen molar-refractivity contribution in [3.8, 4) is 11.3 Å². The van der Waals surface area contributed by atoms with E-state index in [0.717, 1.165) is 5.56 Å². The third-order valence-electron chi connectivity index (χ3n) is 11.5. The number of hydrogen-bond acceptors (Lipinski definition) is 14. The van der Waals surface area contributed by atoms with E-state index in [-0.39, 0.29) is 31.5 Å². The molecule has 2 saturated heterocycles. The molecule has 2 aliphatic rings.